The summed E-state index contributed by atoms with van der Waals surface area (Å²) in [6.07, 6.45) is 4.85. The molecule has 6 heteroatoms. The van der Waals surface area contributed by atoms with Crippen molar-refractivity contribution in [3.8, 4) is 0 Å². The monoisotopic (exact) mass is 265 g/mol. The van der Waals surface area contributed by atoms with Gasteiger partial charge in [0.05, 0.1) is 11.8 Å². The zero-order chi connectivity index (χ0) is 14.0. The summed E-state index contributed by atoms with van der Waals surface area (Å²) in [7, 11) is 0. The summed E-state index contributed by atoms with van der Waals surface area (Å²) in [6, 6.07) is -0.460. The van der Waals surface area contributed by atoms with Crippen molar-refractivity contribution in [1.29, 1.82) is 0 Å². The molecule has 104 valence electrons. The van der Waals surface area contributed by atoms with Crippen LogP contribution in [-0.2, 0) is 4.79 Å². The number of amides is 1. The predicted octanol–water partition coefficient (Wildman–Crippen LogP) is 1.40. The predicted molar refractivity (Wildman–Crippen MR) is 68.9 cm³/mol. The third kappa shape index (κ3) is 2.94. The van der Waals surface area contributed by atoms with Crippen molar-refractivity contribution in [2.24, 2.45) is 5.92 Å². The highest BCUT2D eigenvalue weighted by Crippen LogP contribution is 2.19. The molecule has 1 fully saturated rings. The minimum atomic E-state index is -1.03. The Kier molecular flexibility index (Phi) is 3.87. The molecule has 0 spiro atoms. The molecule has 1 aromatic heterocycles. The van der Waals surface area contributed by atoms with E-state index in [1.807, 2.05) is 4.90 Å². The molecule has 2 unspecified atom stereocenters. The van der Waals surface area contributed by atoms with Crippen LogP contribution in [0.2, 0.25) is 0 Å². The Morgan fingerprint density at radius 2 is 2.26 bits per heavy atom. The van der Waals surface area contributed by atoms with Crippen LogP contribution >= 0.6 is 0 Å². The summed E-state index contributed by atoms with van der Waals surface area (Å²) in [5, 5.41) is 12.8. The molecule has 0 aromatic carbocycles. The van der Waals surface area contributed by atoms with Gasteiger partial charge in [-0.25, -0.2) is 4.79 Å². The van der Waals surface area contributed by atoms with Gasteiger partial charge < -0.3 is 10.0 Å². The fourth-order valence-corrected chi connectivity index (χ4v) is 2.43. The lowest BCUT2D eigenvalue weighted by Crippen LogP contribution is -2.42. The van der Waals surface area contributed by atoms with E-state index in [1.54, 1.807) is 6.92 Å². The molecule has 1 aliphatic rings. The van der Waals surface area contributed by atoms with Gasteiger partial charge in [0.2, 0.25) is 5.91 Å². The molecule has 1 N–H and O–H groups in total. The number of carboxylic acid groups (broad SMARTS) is 1. The van der Waals surface area contributed by atoms with Crippen molar-refractivity contribution in [2.45, 2.75) is 32.7 Å². The van der Waals surface area contributed by atoms with Crippen LogP contribution in [0.3, 0.4) is 0 Å². The molecule has 1 amide bonds. The van der Waals surface area contributed by atoms with E-state index >= 15 is 0 Å². The Balaban J connectivity index is 2.07. The van der Waals surface area contributed by atoms with Crippen LogP contribution in [0.15, 0.2) is 12.4 Å². The second-order valence-electron chi connectivity index (χ2n) is 5.22. The normalized spacial score (nSPS) is 21.2. The van der Waals surface area contributed by atoms with Crippen LogP contribution in [0.4, 0.5) is 0 Å². The van der Waals surface area contributed by atoms with Gasteiger partial charge in [0.25, 0.3) is 0 Å². The minimum absolute atomic E-state index is 0.00610. The van der Waals surface area contributed by atoms with Gasteiger partial charge in [0, 0.05) is 19.3 Å². The number of nitrogens with zero attached hydrogens (tertiary/aromatic N) is 3. The standard InChI is InChI=1S/C13H19N3O3/c1-9-4-3-5-15(7-9)12(17)10(2)16-8-11(6-14-16)13(18)19/h6,8-10H,3-5,7H2,1-2H3,(H,18,19). The first-order valence-corrected chi connectivity index (χ1v) is 6.55. The Bertz CT molecular complexity index is 483. The third-order valence-electron chi connectivity index (χ3n) is 3.57. The molecule has 2 rings (SSSR count). The number of carbonyl (C=O) groups is 2. The topological polar surface area (TPSA) is 75.4 Å². The van der Waals surface area contributed by atoms with Crippen molar-refractivity contribution in [3.05, 3.63) is 18.0 Å². The molecule has 1 aromatic rings. The molecular formula is C13H19N3O3. The molecule has 0 aliphatic carbocycles. The number of carbonyl (C=O) groups excluding carboxylic acids is 1. The maximum absolute atomic E-state index is 12.3. The first kappa shape index (κ1) is 13.6. The van der Waals surface area contributed by atoms with E-state index in [2.05, 4.69) is 12.0 Å². The van der Waals surface area contributed by atoms with Crippen LogP contribution in [0, 0.1) is 5.92 Å². The number of carboxylic acids is 1. The maximum Gasteiger partial charge on any atom is 0.338 e. The average Bonchev–Trinajstić information content (AvgIpc) is 2.86. The van der Waals surface area contributed by atoms with E-state index in [0.29, 0.717) is 5.92 Å². The maximum atomic E-state index is 12.3. The van der Waals surface area contributed by atoms with E-state index in [0.717, 1.165) is 25.9 Å². The Labute approximate surface area is 112 Å². The highest BCUT2D eigenvalue weighted by molar-refractivity contribution is 5.87. The van der Waals surface area contributed by atoms with Crippen molar-refractivity contribution in [2.75, 3.05) is 13.1 Å². The van der Waals surface area contributed by atoms with Gasteiger partial charge in [-0.1, -0.05) is 6.92 Å². The lowest BCUT2D eigenvalue weighted by Gasteiger charge is -2.32. The fraction of sp³-hybridized carbons (Fsp3) is 0.615. The molecule has 19 heavy (non-hydrogen) atoms. The molecule has 2 heterocycles. The summed E-state index contributed by atoms with van der Waals surface area (Å²) in [4.78, 5) is 25.0. The minimum Gasteiger partial charge on any atom is -0.478 e. The highest BCUT2D eigenvalue weighted by Gasteiger charge is 2.26. The lowest BCUT2D eigenvalue weighted by molar-refractivity contribution is -0.136. The number of aromatic nitrogens is 2. The van der Waals surface area contributed by atoms with Crippen molar-refractivity contribution >= 4 is 11.9 Å². The second kappa shape index (κ2) is 5.42. The van der Waals surface area contributed by atoms with Crippen molar-refractivity contribution in [1.82, 2.24) is 14.7 Å². The Morgan fingerprint density at radius 1 is 1.53 bits per heavy atom. The largest absolute Gasteiger partial charge is 0.478 e. The average molecular weight is 265 g/mol. The zero-order valence-corrected chi connectivity index (χ0v) is 11.2. The molecule has 1 saturated heterocycles. The molecule has 0 saturated carbocycles. The van der Waals surface area contributed by atoms with Gasteiger partial charge in [-0.3, -0.25) is 9.48 Å². The number of aromatic carboxylic acids is 1. The van der Waals surface area contributed by atoms with E-state index in [-0.39, 0.29) is 11.5 Å². The smallest absolute Gasteiger partial charge is 0.338 e. The third-order valence-corrected chi connectivity index (χ3v) is 3.57. The van der Waals surface area contributed by atoms with E-state index < -0.39 is 12.0 Å². The number of rotatable bonds is 3. The van der Waals surface area contributed by atoms with Gasteiger partial charge in [-0.05, 0) is 25.7 Å². The quantitative estimate of drug-likeness (QED) is 0.896. The SMILES string of the molecule is CC1CCCN(C(=O)C(C)n2cc(C(=O)O)cn2)C1. The van der Waals surface area contributed by atoms with Crippen LogP contribution in [-0.4, -0.2) is 44.8 Å². The number of piperidine rings is 1. The van der Waals surface area contributed by atoms with Gasteiger partial charge in [0.15, 0.2) is 0 Å². The van der Waals surface area contributed by atoms with Crippen LogP contribution in [0.5, 0.6) is 0 Å². The summed E-state index contributed by atoms with van der Waals surface area (Å²) >= 11 is 0. The molecule has 0 radical (unpaired) electrons. The van der Waals surface area contributed by atoms with E-state index in [4.69, 9.17) is 5.11 Å². The Morgan fingerprint density at radius 3 is 2.84 bits per heavy atom. The van der Waals surface area contributed by atoms with Gasteiger partial charge in [-0.2, -0.15) is 5.10 Å². The Hall–Kier alpha value is -1.85. The van der Waals surface area contributed by atoms with Crippen LogP contribution in [0.1, 0.15) is 43.1 Å². The van der Waals surface area contributed by atoms with Crippen LogP contribution < -0.4 is 0 Å². The van der Waals surface area contributed by atoms with Crippen molar-refractivity contribution < 1.29 is 14.7 Å². The number of hydrogen-bond acceptors (Lipinski definition) is 3. The number of likely N-dealkylation sites (tertiary alicyclic amines) is 1. The van der Waals surface area contributed by atoms with E-state index in [1.165, 1.54) is 17.1 Å². The second-order valence-corrected chi connectivity index (χ2v) is 5.22. The summed E-state index contributed by atoms with van der Waals surface area (Å²) in [5.74, 6) is -0.499. The summed E-state index contributed by atoms with van der Waals surface area (Å²) < 4.78 is 1.42. The van der Waals surface area contributed by atoms with Crippen molar-refractivity contribution in [3.63, 3.8) is 0 Å². The van der Waals surface area contributed by atoms with Gasteiger partial charge in [0.1, 0.15) is 6.04 Å². The first-order chi connectivity index (χ1) is 8.99. The molecule has 6 nitrogen and oxygen atoms in total. The molecular weight excluding hydrogens is 246 g/mol. The molecule has 0 bridgehead atoms. The van der Waals surface area contributed by atoms with Crippen LogP contribution in [0.25, 0.3) is 0 Å². The van der Waals surface area contributed by atoms with Gasteiger partial charge >= 0.3 is 5.97 Å². The summed E-state index contributed by atoms with van der Waals surface area (Å²) in [5.41, 5.74) is 0.103. The molecule has 2 atom stereocenters. The number of hydrogen-bond donors (Lipinski definition) is 1. The highest BCUT2D eigenvalue weighted by atomic mass is 16.4. The first-order valence-electron chi connectivity index (χ1n) is 6.55. The zero-order valence-electron chi connectivity index (χ0n) is 11.2. The molecule has 1 aliphatic heterocycles. The van der Waals surface area contributed by atoms with Gasteiger partial charge in [-0.15, -0.1) is 0 Å². The summed E-state index contributed by atoms with van der Waals surface area (Å²) in [6.45, 7) is 5.44. The lowest BCUT2D eigenvalue weighted by atomic mass is 10.00. The van der Waals surface area contributed by atoms with E-state index in [9.17, 15) is 9.59 Å². The fourth-order valence-electron chi connectivity index (χ4n) is 2.43.